The molecule has 56 heavy (non-hydrogen) atoms. The monoisotopic (exact) mass is 764 g/mol. The molecule has 0 unspecified atom stereocenters. The van der Waals surface area contributed by atoms with E-state index in [1.807, 2.05) is 58.3 Å². The summed E-state index contributed by atoms with van der Waals surface area (Å²) in [6, 6.07) is 18.1. The largest absolute Gasteiger partial charge is 0.493 e. The standard InChI is InChI=1S/C44H48N2O10/c1-25(47)45-15-13-31-21-41(51-5)43(53-7)23-33(31)37(45)19-29-9-11-39(55-27(3)49)35(17-29)36-18-30(10-12-40(36)56-28(4)50)20-38-34-24-44(54-8)42(52-6)22-32(34)14-16-46(38)26(2)48/h9-12,17-18,21-24,37-38H,13-16,19-20H2,1-8H3/t37-,38-/m1/s1. The Morgan fingerprint density at radius 1 is 0.518 bits per heavy atom. The highest BCUT2D eigenvalue weighted by Crippen LogP contribution is 2.44. The van der Waals surface area contributed by atoms with Crippen molar-refractivity contribution in [3.05, 3.63) is 94.0 Å². The van der Waals surface area contributed by atoms with Crippen LogP contribution >= 0.6 is 0 Å². The molecule has 0 fully saturated rings. The van der Waals surface area contributed by atoms with E-state index in [4.69, 9.17) is 28.4 Å². The molecule has 2 heterocycles. The minimum Gasteiger partial charge on any atom is -0.493 e. The van der Waals surface area contributed by atoms with Gasteiger partial charge in [-0.3, -0.25) is 19.2 Å². The first-order valence-corrected chi connectivity index (χ1v) is 18.5. The molecule has 0 radical (unpaired) electrons. The summed E-state index contributed by atoms with van der Waals surface area (Å²) in [6.45, 7) is 6.84. The Kier molecular flexibility index (Phi) is 11.9. The molecule has 0 bridgehead atoms. The first-order chi connectivity index (χ1) is 26.8. The average molecular weight is 765 g/mol. The molecule has 0 saturated heterocycles. The third-order valence-electron chi connectivity index (χ3n) is 10.6. The first kappa shape index (κ1) is 39.6. The first-order valence-electron chi connectivity index (χ1n) is 18.5. The highest BCUT2D eigenvalue weighted by atomic mass is 16.5. The van der Waals surface area contributed by atoms with Crippen LogP contribution < -0.4 is 28.4 Å². The zero-order valence-corrected chi connectivity index (χ0v) is 33.1. The van der Waals surface area contributed by atoms with E-state index in [1.54, 1.807) is 54.4 Å². The second-order valence-electron chi connectivity index (χ2n) is 14.0. The molecular weight excluding hydrogens is 716 g/mol. The van der Waals surface area contributed by atoms with Crippen molar-refractivity contribution in [2.75, 3.05) is 41.5 Å². The van der Waals surface area contributed by atoms with E-state index in [0.29, 0.717) is 72.9 Å². The molecule has 0 aromatic heterocycles. The van der Waals surface area contributed by atoms with Crippen molar-refractivity contribution in [3.8, 4) is 45.6 Å². The number of carbonyl (C=O) groups excluding carboxylic acids is 4. The third kappa shape index (κ3) is 8.14. The van der Waals surface area contributed by atoms with Crippen LogP contribution in [0, 0.1) is 0 Å². The van der Waals surface area contributed by atoms with Crippen LogP contribution in [-0.4, -0.2) is 75.1 Å². The van der Waals surface area contributed by atoms with Gasteiger partial charge in [0.2, 0.25) is 11.8 Å². The fourth-order valence-corrected chi connectivity index (χ4v) is 8.01. The quantitative estimate of drug-likeness (QED) is 0.121. The maximum atomic E-state index is 13.0. The van der Waals surface area contributed by atoms with Crippen LogP contribution in [0.3, 0.4) is 0 Å². The van der Waals surface area contributed by atoms with Gasteiger partial charge < -0.3 is 38.2 Å². The Morgan fingerprint density at radius 3 is 1.20 bits per heavy atom. The number of amides is 2. The SMILES string of the molecule is COc1cc2c(cc1OC)[C@@H](Cc1ccc(OC(C)=O)c(-c3cc(C[C@@H]4c5cc(OC)c(OC)cc5CCN4C(C)=O)ccc3OC(C)=O)c1)N(C(C)=O)CC2. The van der Waals surface area contributed by atoms with Crippen molar-refractivity contribution in [2.45, 2.75) is 65.5 Å². The fourth-order valence-electron chi connectivity index (χ4n) is 8.01. The van der Waals surface area contributed by atoms with E-state index >= 15 is 0 Å². The number of benzene rings is 4. The van der Waals surface area contributed by atoms with Crippen LogP contribution in [0.1, 0.15) is 73.2 Å². The maximum Gasteiger partial charge on any atom is 0.308 e. The zero-order chi connectivity index (χ0) is 40.3. The van der Waals surface area contributed by atoms with Gasteiger partial charge in [-0.15, -0.1) is 0 Å². The molecule has 2 atom stereocenters. The number of esters is 2. The summed E-state index contributed by atoms with van der Waals surface area (Å²) in [5.74, 6) is 1.77. The van der Waals surface area contributed by atoms with Gasteiger partial charge in [0, 0.05) is 51.9 Å². The van der Waals surface area contributed by atoms with Gasteiger partial charge >= 0.3 is 11.9 Å². The predicted octanol–water partition coefficient (Wildman–Crippen LogP) is 6.62. The lowest BCUT2D eigenvalue weighted by Gasteiger charge is -2.37. The maximum absolute atomic E-state index is 13.0. The van der Waals surface area contributed by atoms with Gasteiger partial charge in [0.05, 0.1) is 40.5 Å². The minimum absolute atomic E-state index is 0.0583. The average Bonchev–Trinajstić information content (AvgIpc) is 3.17. The van der Waals surface area contributed by atoms with Crippen molar-refractivity contribution in [1.82, 2.24) is 9.80 Å². The van der Waals surface area contributed by atoms with Crippen LogP contribution in [0.4, 0.5) is 0 Å². The second kappa shape index (κ2) is 16.8. The van der Waals surface area contributed by atoms with Gasteiger partial charge in [-0.05, 0) is 108 Å². The number of hydrogen-bond acceptors (Lipinski definition) is 10. The van der Waals surface area contributed by atoms with Crippen molar-refractivity contribution in [3.63, 3.8) is 0 Å². The molecule has 2 amide bonds. The van der Waals surface area contributed by atoms with Crippen molar-refractivity contribution < 1.29 is 47.6 Å². The lowest BCUT2D eigenvalue weighted by Crippen LogP contribution is -2.39. The normalized spacial score (nSPS) is 15.9. The molecule has 4 aromatic rings. The Labute approximate surface area is 327 Å². The Balaban J connectivity index is 1.46. The van der Waals surface area contributed by atoms with Crippen LogP contribution in [0.15, 0.2) is 60.7 Å². The van der Waals surface area contributed by atoms with E-state index in [0.717, 1.165) is 33.4 Å². The van der Waals surface area contributed by atoms with Crippen molar-refractivity contribution in [2.24, 2.45) is 0 Å². The van der Waals surface area contributed by atoms with Gasteiger partial charge in [-0.2, -0.15) is 0 Å². The van der Waals surface area contributed by atoms with Crippen molar-refractivity contribution >= 4 is 23.8 Å². The molecule has 0 aliphatic carbocycles. The summed E-state index contributed by atoms with van der Waals surface area (Å²) < 4.78 is 34.0. The van der Waals surface area contributed by atoms with Crippen LogP contribution in [0.2, 0.25) is 0 Å². The second-order valence-corrected chi connectivity index (χ2v) is 14.0. The predicted molar refractivity (Wildman–Crippen MR) is 209 cm³/mol. The Hall–Kier alpha value is -6.04. The van der Waals surface area contributed by atoms with E-state index in [9.17, 15) is 19.2 Å². The number of methoxy groups -OCH3 is 4. The van der Waals surface area contributed by atoms with Gasteiger partial charge in [0.1, 0.15) is 11.5 Å². The van der Waals surface area contributed by atoms with Gasteiger partial charge in [0.15, 0.2) is 23.0 Å². The molecule has 0 N–H and O–H groups in total. The van der Waals surface area contributed by atoms with E-state index in [-0.39, 0.29) is 35.4 Å². The van der Waals surface area contributed by atoms with Gasteiger partial charge in [-0.25, -0.2) is 0 Å². The van der Waals surface area contributed by atoms with E-state index in [1.165, 1.54) is 13.8 Å². The summed E-state index contributed by atoms with van der Waals surface area (Å²) in [4.78, 5) is 54.7. The molecule has 12 heteroatoms. The summed E-state index contributed by atoms with van der Waals surface area (Å²) >= 11 is 0. The molecule has 0 saturated carbocycles. The molecule has 2 aliphatic heterocycles. The highest BCUT2D eigenvalue weighted by Gasteiger charge is 2.33. The molecule has 6 rings (SSSR count). The number of nitrogens with zero attached hydrogens (tertiary/aromatic N) is 2. The smallest absolute Gasteiger partial charge is 0.308 e. The lowest BCUT2D eigenvalue weighted by molar-refractivity contribution is -0.132. The summed E-state index contributed by atoms with van der Waals surface area (Å²) in [7, 11) is 6.36. The number of hydrogen-bond donors (Lipinski definition) is 0. The number of rotatable bonds is 11. The van der Waals surface area contributed by atoms with Gasteiger partial charge in [-0.1, -0.05) is 12.1 Å². The summed E-state index contributed by atoms with van der Waals surface area (Å²) in [5.41, 5.74) is 6.76. The van der Waals surface area contributed by atoms with E-state index < -0.39 is 11.9 Å². The number of fused-ring (bicyclic) bond motifs is 2. The minimum atomic E-state index is -0.519. The molecule has 4 aromatic carbocycles. The highest BCUT2D eigenvalue weighted by molar-refractivity contribution is 5.83. The Morgan fingerprint density at radius 2 is 0.875 bits per heavy atom. The van der Waals surface area contributed by atoms with Crippen LogP contribution in [0.25, 0.3) is 11.1 Å². The molecule has 2 aliphatic rings. The fraction of sp³-hybridized carbons (Fsp3) is 0.364. The third-order valence-corrected chi connectivity index (χ3v) is 10.6. The molecule has 12 nitrogen and oxygen atoms in total. The number of carbonyl (C=O) groups is 4. The number of ether oxygens (including phenoxy) is 6. The topological polar surface area (TPSA) is 130 Å². The Bertz CT molecular complexity index is 2030. The molecule has 294 valence electrons. The van der Waals surface area contributed by atoms with Crippen LogP contribution in [-0.2, 0) is 44.9 Å². The molecule has 0 spiro atoms. The molecular formula is C44H48N2O10. The lowest BCUT2D eigenvalue weighted by atomic mass is 9.86. The zero-order valence-electron chi connectivity index (χ0n) is 33.1. The van der Waals surface area contributed by atoms with E-state index in [2.05, 4.69) is 0 Å². The summed E-state index contributed by atoms with van der Waals surface area (Å²) in [5, 5.41) is 0. The van der Waals surface area contributed by atoms with Crippen LogP contribution in [0.5, 0.6) is 34.5 Å². The van der Waals surface area contributed by atoms with Gasteiger partial charge in [0.25, 0.3) is 0 Å². The van der Waals surface area contributed by atoms with Crippen molar-refractivity contribution in [1.29, 1.82) is 0 Å². The summed E-state index contributed by atoms with van der Waals surface area (Å²) in [6.07, 6.45) is 2.17.